The first-order valence-electron chi connectivity index (χ1n) is 9.84. The fourth-order valence-electron chi connectivity index (χ4n) is 2.91. The third-order valence-corrected chi connectivity index (χ3v) is 5.08. The molecule has 3 amide bonds. The van der Waals surface area contributed by atoms with Crippen LogP contribution in [0.1, 0.15) is 32.3 Å². The van der Waals surface area contributed by atoms with Gasteiger partial charge in [0.1, 0.15) is 18.1 Å². The zero-order valence-electron chi connectivity index (χ0n) is 17.6. The van der Waals surface area contributed by atoms with Crippen molar-refractivity contribution in [1.29, 1.82) is 0 Å². The van der Waals surface area contributed by atoms with Gasteiger partial charge in [0.05, 0.1) is 0 Å². The minimum absolute atomic E-state index is 0.0853. The first kappa shape index (κ1) is 25.5. The number of aliphatic carboxylic acids is 1. The molecule has 0 aliphatic rings. The maximum absolute atomic E-state index is 12.8. The highest BCUT2D eigenvalue weighted by molar-refractivity contribution is 7.98. The standard InChI is InChI=1S/C21H31N3O5S/c1-14(2)11-17(23-19(26)16(22-13-25)9-10-30-3)20(27)24-18(21(28)29)12-15-7-5-4-6-8-15/h4-8,13-14,16-18H,9-12H2,1-3H3,(H,22,25)(H,23,26)(H,24,27)(H,28,29)/t16-,17+,18-/m1/s1. The molecular weight excluding hydrogens is 406 g/mol. The van der Waals surface area contributed by atoms with Crippen LogP contribution < -0.4 is 16.0 Å². The Hall–Kier alpha value is -2.55. The number of carboxylic acid groups (broad SMARTS) is 1. The van der Waals surface area contributed by atoms with E-state index in [0.717, 1.165) is 5.56 Å². The van der Waals surface area contributed by atoms with E-state index in [4.69, 9.17) is 0 Å². The van der Waals surface area contributed by atoms with Gasteiger partial charge in [-0.1, -0.05) is 44.2 Å². The molecule has 4 N–H and O–H groups in total. The molecule has 8 nitrogen and oxygen atoms in total. The first-order chi connectivity index (χ1) is 14.3. The predicted octanol–water partition coefficient (Wildman–Crippen LogP) is 1.20. The lowest BCUT2D eigenvalue weighted by Crippen LogP contribution is -2.55. The quantitative estimate of drug-likeness (QED) is 0.324. The van der Waals surface area contributed by atoms with Gasteiger partial charge >= 0.3 is 5.97 Å². The molecule has 0 aromatic heterocycles. The monoisotopic (exact) mass is 437 g/mol. The van der Waals surface area contributed by atoms with Gasteiger partial charge in [-0.05, 0) is 36.3 Å². The molecule has 0 aliphatic carbocycles. The van der Waals surface area contributed by atoms with Crippen molar-refractivity contribution in [3.05, 3.63) is 35.9 Å². The van der Waals surface area contributed by atoms with Gasteiger partial charge in [-0.15, -0.1) is 0 Å². The van der Waals surface area contributed by atoms with Crippen LogP contribution in [0.15, 0.2) is 30.3 Å². The van der Waals surface area contributed by atoms with E-state index in [2.05, 4.69) is 16.0 Å². The molecule has 0 saturated heterocycles. The second-order valence-corrected chi connectivity index (χ2v) is 8.38. The molecule has 1 rings (SSSR count). The molecule has 1 aromatic carbocycles. The molecule has 1 aromatic rings. The molecular formula is C21H31N3O5S. The molecule has 0 fully saturated rings. The second-order valence-electron chi connectivity index (χ2n) is 7.40. The fourth-order valence-corrected chi connectivity index (χ4v) is 3.38. The van der Waals surface area contributed by atoms with Gasteiger partial charge in [-0.25, -0.2) is 4.79 Å². The third-order valence-electron chi connectivity index (χ3n) is 4.43. The summed E-state index contributed by atoms with van der Waals surface area (Å²) in [5, 5.41) is 17.2. The molecule has 0 radical (unpaired) electrons. The van der Waals surface area contributed by atoms with E-state index in [1.54, 1.807) is 36.0 Å². The van der Waals surface area contributed by atoms with E-state index >= 15 is 0 Å². The van der Waals surface area contributed by atoms with Gasteiger partial charge in [-0.2, -0.15) is 11.8 Å². The van der Waals surface area contributed by atoms with Crippen molar-refractivity contribution in [3.63, 3.8) is 0 Å². The zero-order valence-corrected chi connectivity index (χ0v) is 18.4. The van der Waals surface area contributed by atoms with Crippen molar-refractivity contribution >= 4 is 36.0 Å². The maximum atomic E-state index is 12.8. The van der Waals surface area contributed by atoms with E-state index < -0.39 is 35.9 Å². The Labute approximate surface area is 181 Å². The van der Waals surface area contributed by atoms with Crippen LogP contribution in [0, 0.1) is 5.92 Å². The summed E-state index contributed by atoms with van der Waals surface area (Å²) in [6.45, 7) is 3.81. The Morgan fingerprint density at radius 3 is 2.17 bits per heavy atom. The summed E-state index contributed by atoms with van der Waals surface area (Å²) >= 11 is 1.54. The zero-order chi connectivity index (χ0) is 22.5. The van der Waals surface area contributed by atoms with E-state index in [-0.39, 0.29) is 12.3 Å². The number of rotatable bonds is 14. The summed E-state index contributed by atoms with van der Waals surface area (Å²) in [5.74, 6) is -1.43. The number of hydrogen-bond donors (Lipinski definition) is 4. The number of carboxylic acids is 1. The number of hydrogen-bond acceptors (Lipinski definition) is 5. The molecule has 0 spiro atoms. The third kappa shape index (κ3) is 9.30. The number of amides is 3. The lowest BCUT2D eigenvalue weighted by Gasteiger charge is -2.25. The smallest absolute Gasteiger partial charge is 0.326 e. The Kier molecular flexibility index (Phi) is 11.6. The van der Waals surface area contributed by atoms with E-state index in [0.29, 0.717) is 25.0 Å². The van der Waals surface area contributed by atoms with Crippen LogP contribution in [0.25, 0.3) is 0 Å². The number of nitrogens with one attached hydrogen (secondary N) is 3. The maximum Gasteiger partial charge on any atom is 0.326 e. The van der Waals surface area contributed by atoms with Crippen molar-refractivity contribution in [2.45, 2.75) is 51.2 Å². The summed E-state index contributed by atoms with van der Waals surface area (Å²) in [7, 11) is 0. The van der Waals surface area contributed by atoms with Crippen LogP contribution in [0.2, 0.25) is 0 Å². The lowest BCUT2D eigenvalue weighted by molar-refractivity contribution is -0.142. The van der Waals surface area contributed by atoms with Gasteiger partial charge in [0.15, 0.2) is 0 Å². The van der Waals surface area contributed by atoms with Crippen molar-refractivity contribution in [2.24, 2.45) is 5.92 Å². The summed E-state index contributed by atoms with van der Waals surface area (Å²) in [4.78, 5) is 47.9. The lowest BCUT2D eigenvalue weighted by atomic mass is 10.0. The minimum Gasteiger partial charge on any atom is -0.480 e. The van der Waals surface area contributed by atoms with Crippen LogP contribution in [0.5, 0.6) is 0 Å². The molecule has 166 valence electrons. The van der Waals surface area contributed by atoms with Gasteiger partial charge in [0, 0.05) is 6.42 Å². The summed E-state index contributed by atoms with van der Waals surface area (Å²) in [6, 6.07) is 6.23. The normalized spacial score (nSPS) is 13.7. The fraction of sp³-hybridized carbons (Fsp3) is 0.524. The Morgan fingerprint density at radius 1 is 1.03 bits per heavy atom. The van der Waals surface area contributed by atoms with Crippen molar-refractivity contribution in [3.8, 4) is 0 Å². The molecule has 0 unspecified atom stereocenters. The van der Waals surface area contributed by atoms with Crippen LogP contribution in [0.3, 0.4) is 0 Å². The average Bonchev–Trinajstić information content (AvgIpc) is 2.70. The van der Waals surface area contributed by atoms with Gasteiger partial charge in [0.2, 0.25) is 18.2 Å². The van der Waals surface area contributed by atoms with Crippen molar-refractivity contribution in [1.82, 2.24) is 16.0 Å². The largest absolute Gasteiger partial charge is 0.480 e. The van der Waals surface area contributed by atoms with E-state index in [1.807, 2.05) is 26.2 Å². The molecule has 0 heterocycles. The van der Waals surface area contributed by atoms with Gasteiger partial charge in [0.25, 0.3) is 0 Å². The van der Waals surface area contributed by atoms with Crippen LogP contribution in [0.4, 0.5) is 0 Å². The van der Waals surface area contributed by atoms with Crippen LogP contribution in [-0.2, 0) is 25.6 Å². The molecule has 3 atom stereocenters. The van der Waals surface area contributed by atoms with Crippen LogP contribution in [-0.4, -0.2) is 59.4 Å². The van der Waals surface area contributed by atoms with Crippen molar-refractivity contribution in [2.75, 3.05) is 12.0 Å². The summed E-state index contributed by atoms with van der Waals surface area (Å²) < 4.78 is 0. The Balaban J connectivity index is 2.88. The number of carbonyl (C=O) groups is 4. The predicted molar refractivity (Wildman–Crippen MR) is 117 cm³/mol. The van der Waals surface area contributed by atoms with Gasteiger partial charge in [-0.3, -0.25) is 14.4 Å². The molecule has 0 bridgehead atoms. The number of thioether (sulfide) groups is 1. The topological polar surface area (TPSA) is 125 Å². The van der Waals surface area contributed by atoms with E-state index in [1.165, 1.54) is 0 Å². The average molecular weight is 438 g/mol. The first-order valence-corrected chi connectivity index (χ1v) is 11.2. The SMILES string of the molecule is CSCC[C@@H](NC=O)C(=O)N[C@@H](CC(C)C)C(=O)N[C@H](Cc1ccccc1)C(=O)O. The minimum atomic E-state index is -1.15. The van der Waals surface area contributed by atoms with Crippen molar-refractivity contribution < 1.29 is 24.3 Å². The molecule has 30 heavy (non-hydrogen) atoms. The highest BCUT2D eigenvalue weighted by Gasteiger charge is 2.29. The van der Waals surface area contributed by atoms with Crippen LogP contribution >= 0.6 is 11.8 Å². The summed E-state index contributed by atoms with van der Waals surface area (Å²) in [5.41, 5.74) is 0.780. The molecule has 9 heteroatoms. The van der Waals surface area contributed by atoms with Gasteiger partial charge < -0.3 is 21.1 Å². The number of benzene rings is 1. The highest BCUT2D eigenvalue weighted by Crippen LogP contribution is 2.09. The van der Waals surface area contributed by atoms with E-state index in [9.17, 15) is 24.3 Å². The summed E-state index contributed by atoms with van der Waals surface area (Å²) in [6.07, 6.45) is 3.25. The number of carbonyl (C=O) groups excluding carboxylic acids is 3. The Bertz CT molecular complexity index is 699. The Morgan fingerprint density at radius 2 is 1.63 bits per heavy atom. The highest BCUT2D eigenvalue weighted by atomic mass is 32.2. The molecule has 0 saturated carbocycles. The second kappa shape index (κ2) is 13.6. The molecule has 0 aliphatic heterocycles.